The van der Waals surface area contributed by atoms with Crippen LogP contribution in [0.3, 0.4) is 0 Å². The summed E-state index contributed by atoms with van der Waals surface area (Å²) in [6, 6.07) is 8.21. The van der Waals surface area contributed by atoms with Crippen LogP contribution in [0.15, 0.2) is 24.3 Å². The van der Waals surface area contributed by atoms with Gasteiger partial charge in [-0.1, -0.05) is 12.1 Å². The van der Waals surface area contributed by atoms with E-state index in [1.165, 1.54) is 5.56 Å². The zero-order valence-electron chi connectivity index (χ0n) is 11.1. The van der Waals surface area contributed by atoms with Crippen LogP contribution in [0, 0.1) is 0 Å². The van der Waals surface area contributed by atoms with E-state index in [1.54, 1.807) is 0 Å². The molecule has 0 spiro atoms. The van der Waals surface area contributed by atoms with Crippen molar-refractivity contribution in [2.75, 3.05) is 39.3 Å². The molecule has 0 saturated carbocycles. The minimum atomic E-state index is 0.0822. The number of nitrogens with zero attached hydrogens (tertiary/aromatic N) is 1. The average Bonchev–Trinajstić information content (AvgIpc) is 2.41. The molecule has 4 heteroatoms. The Balaban J connectivity index is 1.89. The molecule has 1 heterocycles. The van der Waals surface area contributed by atoms with Crippen LogP contribution >= 0.6 is 0 Å². The van der Waals surface area contributed by atoms with Gasteiger partial charge < -0.3 is 15.8 Å². The van der Waals surface area contributed by atoms with Gasteiger partial charge in [-0.15, -0.1) is 0 Å². The van der Waals surface area contributed by atoms with Gasteiger partial charge in [-0.3, -0.25) is 4.90 Å². The van der Waals surface area contributed by atoms with Crippen molar-refractivity contribution in [3.63, 3.8) is 0 Å². The van der Waals surface area contributed by atoms with Gasteiger partial charge in [0.25, 0.3) is 0 Å². The molecule has 3 N–H and O–H groups in total. The zero-order chi connectivity index (χ0) is 12.8. The van der Waals surface area contributed by atoms with Gasteiger partial charge >= 0.3 is 0 Å². The van der Waals surface area contributed by atoms with Gasteiger partial charge in [-0.2, -0.15) is 0 Å². The molecule has 1 saturated heterocycles. The lowest BCUT2D eigenvalue weighted by molar-refractivity contribution is 0.228. The first-order chi connectivity index (χ1) is 8.79. The van der Waals surface area contributed by atoms with Crippen LogP contribution < -0.4 is 15.8 Å². The van der Waals surface area contributed by atoms with Crippen molar-refractivity contribution in [2.24, 2.45) is 5.73 Å². The predicted octanol–water partition coefficient (Wildman–Crippen LogP) is 0.990. The molecule has 1 aromatic carbocycles. The molecule has 1 aromatic rings. The van der Waals surface area contributed by atoms with E-state index in [4.69, 9.17) is 10.5 Å². The number of nitrogens with two attached hydrogens (primary N) is 1. The van der Waals surface area contributed by atoms with Crippen molar-refractivity contribution in [3.8, 4) is 5.75 Å². The highest BCUT2D eigenvalue weighted by atomic mass is 16.5. The summed E-state index contributed by atoms with van der Waals surface area (Å²) in [5.74, 6) is 0.913. The maximum atomic E-state index is 6.25. The van der Waals surface area contributed by atoms with Crippen LogP contribution in [0.5, 0.6) is 5.75 Å². The fourth-order valence-electron chi connectivity index (χ4n) is 2.26. The van der Waals surface area contributed by atoms with Gasteiger partial charge in [0.15, 0.2) is 0 Å². The van der Waals surface area contributed by atoms with E-state index in [0.29, 0.717) is 6.61 Å². The van der Waals surface area contributed by atoms with E-state index in [-0.39, 0.29) is 6.04 Å². The summed E-state index contributed by atoms with van der Waals surface area (Å²) >= 11 is 0. The summed E-state index contributed by atoms with van der Waals surface area (Å²) in [6.07, 6.45) is 0. The molecule has 1 aliphatic heterocycles. The molecule has 0 aromatic heterocycles. The number of piperazine rings is 1. The Morgan fingerprint density at radius 2 is 1.94 bits per heavy atom. The Kier molecular flexibility index (Phi) is 4.99. The number of rotatable bonds is 5. The van der Waals surface area contributed by atoms with Gasteiger partial charge in [-0.25, -0.2) is 0 Å². The molecular weight excluding hydrogens is 226 g/mol. The van der Waals surface area contributed by atoms with Crippen molar-refractivity contribution < 1.29 is 4.74 Å². The van der Waals surface area contributed by atoms with E-state index in [2.05, 4.69) is 22.3 Å². The highest BCUT2D eigenvalue weighted by molar-refractivity contribution is 5.29. The van der Waals surface area contributed by atoms with Crippen LogP contribution in [0.4, 0.5) is 0 Å². The molecular formula is C14H23N3O. The van der Waals surface area contributed by atoms with Crippen molar-refractivity contribution in [2.45, 2.75) is 13.0 Å². The SMILES string of the molecule is CCOc1ccc(C(N)CN2CCNCC2)cc1. The van der Waals surface area contributed by atoms with Gasteiger partial charge in [0.05, 0.1) is 6.61 Å². The van der Waals surface area contributed by atoms with Gasteiger partial charge in [-0.05, 0) is 24.6 Å². The highest BCUT2D eigenvalue weighted by Gasteiger charge is 2.14. The topological polar surface area (TPSA) is 50.5 Å². The zero-order valence-corrected chi connectivity index (χ0v) is 11.1. The molecule has 0 radical (unpaired) electrons. The Morgan fingerprint density at radius 3 is 2.56 bits per heavy atom. The predicted molar refractivity (Wildman–Crippen MR) is 73.8 cm³/mol. The largest absolute Gasteiger partial charge is 0.494 e. The molecule has 2 rings (SSSR count). The minimum Gasteiger partial charge on any atom is -0.494 e. The Bertz CT molecular complexity index is 347. The molecule has 1 unspecified atom stereocenters. The number of nitrogens with one attached hydrogen (secondary N) is 1. The monoisotopic (exact) mass is 249 g/mol. The summed E-state index contributed by atoms with van der Waals surface area (Å²) in [6.45, 7) is 7.92. The highest BCUT2D eigenvalue weighted by Crippen LogP contribution is 2.17. The molecule has 1 aliphatic rings. The van der Waals surface area contributed by atoms with Gasteiger partial charge in [0.1, 0.15) is 5.75 Å². The fourth-order valence-corrected chi connectivity index (χ4v) is 2.26. The van der Waals surface area contributed by atoms with Crippen LogP contribution in [0.2, 0.25) is 0 Å². The van der Waals surface area contributed by atoms with Gasteiger partial charge in [0, 0.05) is 38.8 Å². The third kappa shape index (κ3) is 3.70. The van der Waals surface area contributed by atoms with Crippen LogP contribution in [0.25, 0.3) is 0 Å². The molecule has 18 heavy (non-hydrogen) atoms. The first kappa shape index (κ1) is 13.3. The van der Waals surface area contributed by atoms with Crippen molar-refractivity contribution in [3.05, 3.63) is 29.8 Å². The quantitative estimate of drug-likeness (QED) is 0.817. The summed E-state index contributed by atoms with van der Waals surface area (Å²) in [7, 11) is 0. The van der Waals surface area contributed by atoms with Crippen LogP contribution in [0.1, 0.15) is 18.5 Å². The smallest absolute Gasteiger partial charge is 0.119 e. The second kappa shape index (κ2) is 6.73. The Morgan fingerprint density at radius 1 is 1.28 bits per heavy atom. The number of benzene rings is 1. The third-order valence-electron chi connectivity index (χ3n) is 3.28. The van der Waals surface area contributed by atoms with Crippen LogP contribution in [-0.2, 0) is 0 Å². The first-order valence-corrected chi connectivity index (χ1v) is 6.71. The van der Waals surface area contributed by atoms with Crippen LogP contribution in [-0.4, -0.2) is 44.2 Å². The standard InChI is InChI=1S/C14H23N3O/c1-2-18-13-5-3-12(4-6-13)14(15)11-17-9-7-16-8-10-17/h3-6,14,16H,2,7-11,15H2,1H3. The minimum absolute atomic E-state index is 0.0822. The lowest BCUT2D eigenvalue weighted by Crippen LogP contribution is -2.45. The third-order valence-corrected chi connectivity index (χ3v) is 3.28. The van der Waals surface area contributed by atoms with E-state index in [0.717, 1.165) is 38.5 Å². The summed E-state index contributed by atoms with van der Waals surface area (Å²) in [4.78, 5) is 2.41. The average molecular weight is 249 g/mol. The Labute approximate surface area is 109 Å². The second-order valence-corrected chi connectivity index (χ2v) is 4.66. The molecule has 0 amide bonds. The number of hydrogen-bond donors (Lipinski definition) is 2. The van der Waals surface area contributed by atoms with Crippen molar-refractivity contribution in [1.29, 1.82) is 0 Å². The first-order valence-electron chi connectivity index (χ1n) is 6.71. The number of ether oxygens (including phenoxy) is 1. The lowest BCUT2D eigenvalue weighted by atomic mass is 10.1. The summed E-state index contributed by atoms with van der Waals surface area (Å²) < 4.78 is 5.43. The maximum absolute atomic E-state index is 6.25. The normalized spacial score (nSPS) is 18.6. The number of hydrogen-bond acceptors (Lipinski definition) is 4. The summed E-state index contributed by atoms with van der Waals surface area (Å²) in [5.41, 5.74) is 7.42. The van der Waals surface area contributed by atoms with E-state index >= 15 is 0 Å². The maximum Gasteiger partial charge on any atom is 0.119 e. The molecule has 1 atom stereocenters. The second-order valence-electron chi connectivity index (χ2n) is 4.66. The molecule has 0 aliphatic carbocycles. The molecule has 4 nitrogen and oxygen atoms in total. The van der Waals surface area contributed by atoms with E-state index in [1.807, 2.05) is 19.1 Å². The van der Waals surface area contributed by atoms with E-state index in [9.17, 15) is 0 Å². The summed E-state index contributed by atoms with van der Waals surface area (Å²) in [5, 5.41) is 3.35. The lowest BCUT2D eigenvalue weighted by Gasteiger charge is -2.29. The fraction of sp³-hybridized carbons (Fsp3) is 0.571. The Hall–Kier alpha value is -1.10. The van der Waals surface area contributed by atoms with Crippen molar-refractivity contribution in [1.82, 2.24) is 10.2 Å². The molecule has 1 fully saturated rings. The molecule has 100 valence electrons. The van der Waals surface area contributed by atoms with E-state index < -0.39 is 0 Å². The van der Waals surface area contributed by atoms with Gasteiger partial charge in [0.2, 0.25) is 0 Å². The molecule has 0 bridgehead atoms. The van der Waals surface area contributed by atoms with Crippen molar-refractivity contribution >= 4 is 0 Å².